The quantitative estimate of drug-likeness (QED) is 0.846. The van der Waals surface area contributed by atoms with Crippen molar-refractivity contribution in [3.05, 3.63) is 35.9 Å². The van der Waals surface area contributed by atoms with Crippen LogP contribution in [0.5, 0.6) is 0 Å². The number of hydrogen-bond donors (Lipinski definition) is 2. The van der Waals surface area contributed by atoms with Crippen LogP contribution in [0.15, 0.2) is 30.3 Å². The molecule has 0 radical (unpaired) electrons. The van der Waals surface area contributed by atoms with Gasteiger partial charge < -0.3 is 15.3 Å². The Labute approximate surface area is 139 Å². The number of nitrogens with one attached hydrogen (secondary N) is 1. The third-order valence-electron chi connectivity index (χ3n) is 4.59. The lowest BCUT2D eigenvalue weighted by Crippen LogP contribution is -2.50. The summed E-state index contributed by atoms with van der Waals surface area (Å²) in [5, 5.41) is 12.3. The Morgan fingerprint density at radius 1 is 1.30 bits per heavy atom. The topological polar surface area (TPSA) is 52.6 Å². The molecule has 0 saturated carbocycles. The lowest BCUT2D eigenvalue weighted by atomic mass is 9.86. The molecular formula is C19H30N2O2. The minimum Gasteiger partial charge on any atom is -0.396 e. The van der Waals surface area contributed by atoms with Crippen LogP contribution in [0, 0.1) is 5.41 Å². The smallest absolute Gasteiger partial charge is 0.317 e. The number of piperidine rings is 1. The van der Waals surface area contributed by atoms with Crippen molar-refractivity contribution in [2.45, 2.75) is 52.0 Å². The first kappa shape index (κ1) is 17.8. The van der Waals surface area contributed by atoms with E-state index in [0.29, 0.717) is 13.0 Å². The molecule has 1 atom stereocenters. The molecule has 128 valence electrons. The Morgan fingerprint density at radius 3 is 2.74 bits per heavy atom. The molecule has 0 bridgehead atoms. The van der Waals surface area contributed by atoms with E-state index in [1.807, 2.05) is 11.0 Å². The molecule has 4 heteroatoms. The Hall–Kier alpha value is -1.55. The van der Waals surface area contributed by atoms with E-state index < -0.39 is 0 Å². The molecule has 23 heavy (non-hydrogen) atoms. The summed E-state index contributed by atoms with van der Waals surface area (Å²) < 4.78 is 0. The summed E-state index contributed by atoms with van der Waals surface area (Å²) in [4.78, 5) is 14.4. The van der Waals surface area contributed by atoms with Crippen molar-refractivity contribution < 1.29 is 9.90 Å². The van der Waals surface area contributed by atoms with Crippen LogP contribution in [0.2, 0.25) is 0 Å². The molecule has 0 spiro atoms. The van der Waals surface area contributed by atoms with Crippen molar-refractivity contribution in [3.63, 3.8) is 0 Å². The van der Waals surface area contributed by atoms with Crippen LogP contribution >= 0.6 is 0 Å². The number of amides is 2. The summed E-state index contributed by atoms with van der Waals surface area (Å²) >= 11 is 0. The summed E-state index contributed by atoms with van der Waals surface area (Å²) in [5.74, 6) is 0. The van der Waals surface area contributed by atoms with Crippen molar-refractivity contribution >= 4 is 6.03 Å². The maximum Gasteiger partial charge on any atom is 0.317 e. The molecule has 1 aromatic rings. The van der Waals surface area contributed by atoms with E-state index >= 15 is 0 Å². The second kappa shape index (κ2) is 8.34. The fourth-order valence-electron chi connectivity index (χ4n) is 3.34. The molecule has 1 fully saturated rings. The number of aliphatic hydroxyl groups excluding tert-OH is 1. The molecule has 2 rings (SSSR count). The number of rotatable bonds is 6. The number of hydrogen-bond acceptors (Lipinski definition) is 2. The van der Waals surface area contributed by atoms with Gasteiger partial charge in [0.1, 0.15) is 0 Å². The normalized spacial score (nSPS) is 18.7. The van der Waals surface area contributed by atoms with Crippen molar-refractivity contribution in [3.8, 4) is 0 Å². The van der Waals surface area contributed by atoms with Gasteiger partial charge in [0.15, 0.2) is 0 Å². The highest BCUT2D eigenvalue weighted by atomic mass is 16.3. The largest absolute Gasteiger partial charge is 0.396 e. The van der Waals surface area contributed by atoms with Crippen LogP contribution in [0.1, 0.15) is 45.1 Å². The molecule has 1 aromatic carbocycles. The second-order valence-corrected chi connectivity index (χ2v) is 7.34. The Bertz CT molecular complexity index is 485. The van der Waals surface area contributed by atoms with E-state index in [0.717, 1.165) is 32.2 Å². The first-order valence-corrected chi connectivity index (χ1v) is 8.71. The van der Waals surface area contributed by atoms with Gasteiger partial charge in [-0.2, -0.15) is 0 Å². The highest BCUT2D eigenvalue weighted by Gasteiger charge is 2.27. The first-order valence-electron chi connectivity index (χ1n) is 8.71. The average Bonchev–Trinajstić information content (AvgIpc) is 2.54. The SMILES string of the molecule is CC(C)(CNC(=O)N1CCCCC1CCO)Cc1ccccc1. The molecule has 0 aromatic heterocycles. The Balaban J connectivity index is 1.86. The number of carbonyl (C=O) groups excluding carboxylic acids is 1. The highest BCUT2D eigenvalue weighted by Crippen LogP contribution is 2.22. The first-order chi connectivity index (χ1) is 11.0. The standard InChI is InChI=1S/C19H30N2O2/c1-19(2,14-16-8-4-3-5-9-16)15-20-18(23)21-12-7-6-10-17(21)11-13-22/h3-5,8-9,17,22H,6-7,10-15H2,1-2H3,(H,20,23). The predicted molar refractivity (Wildman–Crippen MR) is 93.4 cm³/mol. The zero-order valence-corrected chi connectivity index (χ0v) is 14.4. The van der Waals surface area contributed by atoms with Crippen molar-refractivity contribution in [2.75, 3.05) is 19.7 Å². The van der Waals surface area contributed by atoms with E-state index in [2.05, 4.69) is 43.4 Å². The third-order valence-corrected chi connectivity index (χ3v) is 4.59. The molecule has 1 aliphatic rings. The third kappa shape index (κ3) is 5.54. The summed E-state index contributed by atoms with van der Waals surface area (Å²) in [6, 6.07) is 10.6. The molecule has 1 saturated heterocycles. The number of aliphatic hydroxyl groups is 1. The van der Waals surface area contributed by atoms with Gasteiger partial charge in [0, 0.05) is 25.7 Å². The number of urea groups is 1. The van der Waals surface area contributed by atoms with E-state index in [4.69, 9.17) is 0 Å². The zero-order chi connectivity index (χ0) is 16.7. The Kier molecular flexibility index (Phi) is 6.46. The maximum absolute atomic E-state index is 12.5. The molecule has 0 aliphatic carbocycles. The number of benzene rings is 1. The van der Waals surface area contributed by atoms with Gasteiger partial charge in [-0.05, 0) is 43.1 Å². The van der Waals surface area contributed by atoms with Gasteiger partial charge in [-0.15, -0.1) is 0 Å². The molecule has 1 unspecified atom stereocenters. The van der Waals surface area contributed by atoms with Crippen molar-refractivity contribution in [1.29, 1.82) is 0 Å². The lowest BCUT2D eigenvalue weighted by Gasteiger charge is -2.36. The monoisotopic (exact) mass is 318 g/mol. The minimum absolute atomic E-state index is 0.0132. The molecule has 2 N–H and O–H groups in total. The van der Waals surface area contributed by atoms with Gasteiger partial charge in [-0.3, -0.25) is 0 Å². The Morgan fingerprint density at radius 2 is 2.04 bits per heavy atom. The molecule has 1 heterocycles. The van der Waals surface area contributed by atoms with Crippen LogP contribution in [0.4, 0.5) is 4.79 Å². The highest BCUT2D eigenvalue weighted by molar-refractivity contribution is 5.74. The molecule has 2 amide bonds. The number of nitrogens with zero attached hydrogens (tertiary/aromatic N) is 1. The van der Waals surface area contributed by atoms with Crippen LogP contribution in [-0.2, 0) is 6.42 Å². The molecule has 1 aliphatic heterocycles. The zero-order valence-electron chi connectivity index (χ0n) is 14.4. The van der Waals surface area contributed by atoms with Crippen LogP contribution in [0.25, 0.3) is 0 Å². The van der Waals surface area contributed by atoms with E-state index in [1.54, 1.807) is 0 Å². The summed E-state index contributed by atoms with van der Waals surface area (Å²) in [5.41, 5.74) is 1.31. The lowest BCUT2D eigenvalue weighted by molar-refractivity contribution is 0.129. The molecular weight excluding hydrogens is 288 g/mol. The predicted octanol–water partition coefficient (Wildman–Crippen LogP) is 3.20. The van der Waals surface area contributed by atoms with Gasteiger partial charge >= 0.3 is 6.03 Å². The van der Waals surface area contributed by atoms with Crippen LogP contribution in [0.3, 0.4) is 0 Å². The van der Waals surface area contributed by atoms with Gasteiger partial charge in [-0.1, -0.05) is 44.2 Å². The van der Waals surface area contributed by atoms with Crippen LogP contribution < -0.4 is 5.32 Å². The van der Waals surface area contributed by atoms with E-state index in [-0.39, 0.29) is 24.1 Å². The average molecular weight is 318 g/mol. The van der Waals surface area contributed by atoms with Crippen LogP contribution in [-0.4, -0.2) is 41.8 Å². The summed E-state index contributed by atoms with van der Waals surface area (Å²) in [6.45, 7) is 5.97. The van der Waals surface area contributed by atoms with Crippen molar-refractivity contribution in [1.82, 2.24) is 10.2 Å². The fraction of sp³-hybridized carbons (Fsp3) is 0.632. The number of carbonyl (C=O) groups is 1. The van der Waals surface area contributed by atoms with Gasteiger partial charge in [-0.25, -0.2) is 4.79 Å². The maximum atomic E-state index is 12.5. The molecule has 4 nitrogen and oxygen atoms in total. The summed E-state index contributed by atoms with van der Waals surface area (Å²) in [7, 11) is 0. The fourth-order valence-corrected chi connectivity index (χ4v) is 3.34. The van der Waals surface area contributed by atoms with Gasteiger partial charge in [0.05, 0.1) is 0 Å². The second-order valence-electron chi connectivity index (χ2n) is 7.34. The number of likely N-dealkylation sites (tertiary alicyclic amines) is 1. The minimum atomic E-state index is 0.0132. The van der Waals surface area contributed by atoms with Gasteiger partial charge in [0.25, 0.3) is 0 Å². The van der Waals surface area contributed by atoms with E-state index in [1.165, 1.54) is 5.56 Å². The van der Waals surface area contributed by atoms with E-state index in [9.17, 15) is 9.90 Å². The summed E-state index contributed by atoms with van der Waals surface area (Å²) in [6.07, 6.45) is 4.83. The van der Waals surface area contributed by atoms with Gasteiger partial charge in [0.2, 0.25) is 0 Å². The van der Waals surface area contributed by atoms with Crippen molar-refractivity contribution in [2.24, 2.45) is 5.41 Å².